The molecule has 3 rings (SSSR count). The zero-order chi connectivity index (χ0) is 20.5. The van der Waals surface area contributed by atoms with Gasteiger partial charge in [-0.05, 0) is 51.1 Å². The van der Waals surface area contributed by atoms with Crippen molar-refractivity contribution in [2.75, 3.05) is 10.6 Å². The molecule has 6 nitrogen and oxygen atoms in total. The van der Waals surface area contributed by atoms with E-state index in [0.29, 0.717) is 16.3 Å². The second-order valence-electron chi connectivity index (χ2n) is 6.88. The monoisotopic (exact) mass is 410 g/mol. The van der Waals surface area contributed by atoms with Gasteiger partial charge < -0.3 is 10.1 Å². The molecule has 2 N–H and O–H groups in total. The van der Waals surface area contributed by atoms with Gasteiger partial charge in [0.05, 0.1) is 15.8 Å². The normalized spacial score (nSPS) is 12.1. The molecule has 0 saturated heterocycles. The molecule has 0 radical (unpaired) electrons. The zero-order valence-electron chi connectivity index (χ0n) is 15.2. The highest BCUT2D eigenvalue weighted by Gasteiger charge is 2.30. The number of fused-ring (bicyclic) bond motifs is 1. The second kappa shape index (κ2) is 7.27. The van der Waals surface area contributed by atoms with Crippen LogP contribution in [0.15, 0.2) is 36.5 Å². The maximum absolute atomic E-state index is 12.6. The first-order valence-corrected chi connectivity index (χ1v) is 9.02. The van der Waals surface area contributed by atoms with Gasteiger partial charge in [0.15, 0.2) is 5.13 Å². The van der Waals surface area contributed by atoms with Gasteiger partial charge in [-0.25, -0.2) is 14.8 Å². The van der Waals surface area contributed by atoms with Crippen molar-refractivity contribution in [3.8, 4) is 0 Å². The number of amides is 1. The van der Waals surface area contributed by atoms with Crippen LogP contribution < -0.4 is 10.6 Å². The van der Waals surface area contributed by atoms with Crippen molar-refractivity contribution in [2.45, 2.75) is 32.5 Å². The van der Waals surface area contributed by atoms with Crippen molar-refractivity contribution in [3.63, 3.8) is 0 Å². The Morgan fingerprint density at radius 1 is 1.14 bits per heavy atom. The van der Waals surface area contributed by atoms with Gasteiger partial charge in [-0.15, -0.1) is 0 Å². The predicted octanol–water partition coefficient (Wildman–Crippen LogP) is 5.80. The molecule has 2 heterocycles. The molecule has 1 amide bonds. The number of benzene rings is 1. The SMILES string of the molecule is CC(C)(C)OC(=O)Nc1nc2ccc(Nc3ccc(C(F)(F)F)cn3)cc2s1. The Bertz CT molecular complexity index is 995. The average molecular weight is 410 g/mol. The topological polar surface area (TPSA) is 76.1 Å². The lowest BCUT2D eigenvalue weighted by atomic mass is 10.2. The summed E-state index contributed by atoms with van der Waals surface area (Å²) in [5, 5.41) is 5.91. The fourth-order valence-corrected chi connectivity index (χ4v) is 3.12. The van der Waals surface area contributed by atoms with Crippen molar-refractivity contribution in [2.24, 2.45) is 0 Å². The first-order valence-electron chi connectivity index (χ1n) is 8.20. The van der Waals surface area contributed by atoms with Crippen LogP contribution in [0.2, 0.25) is 0 Å². The van der Waals surface area contributed by atoms with E-state index in [1.807, 2.05) is 0 Å². The number of anilines is 3. The number of halogens is 3. The van der Waals surface area contributed by atoms with Crippen LogP contribution in [0.1, 0.15) is 26.3 Å². The van der Waals surface area contributed by atoms with Crippen LogP contribution in [0.25, 0.3) is 10.2 Å². The van der Waals surface area contributed by atoms with E-state index in [4.69, 9.17) is 4.74 Å². The number of pyridine rings is 1. The van der Waals surface area contributed by atoms with Crippen molar-refractivity contribution < 1.29 is 22.7 Å². The highest BCUT2D eigenvalue weighted by molar-refractivity contribution is 7.22. The minimum Gasteiger partial charge on any atom is -0.444 e. The number of ether oxygens (including phenoxy) is 1. The number of carbonyl (C=O) groups is 1. The number of carbonyl (C=O) groups excluding carboxylic acids is 1. The molecule has 148 valence electrons. The average Bonchev–Trinajstić information content (AvgIpc) is 2.94. The van der Waals surface area contributed by atoms with Crippen LogP contribution in [0.4, 0.5) is 34.6 Å². The maximum atomic E-state index is 12.6. The molecule has 0 spiro atoms. The van der Waals surface area contributed by atoms with Gasteiger partial charge in [0.1, 0.15) is 11.4 Å². The van der Waals surface area contributed by atoms with E-state index in [0.717, 1.165) is 17.0 Å². The summed E-state index contributed by atoms with van der Waals surface area (Å²) >= 11 is 1.25. The van der Waals surface area contributed by atoms with E-state index >= 15 is 0 Å². The third-order valence-electron chi connectivity index (χ3n) is 3.36. The molecule has 0 aliphatic heterocycles. The zero-order valence-corrected chi connectivity index (χ0v) is 16.0. The van der Waals surface area contributed by atoms with E-state index < -0.39 is 23.4 Å². The Hall–Kier alpha value is -2.88. The molecular formula is C18H17F3N4O2S. The molecule has 0 unspecified atom stereocenters. The largest absolute Gasteiger partial charge is 0.444 e. The molecule has 0 atom stereocenters. The van der Waals surface area contributed by atoms with Gasteiger partial charge >= 0.3 is 12.3 Å². The fraction of sp³-hybridized carbons (Fsp3) is 0.278. The van der Waals surface area contributed by atoms with Gasteiger partial charge in [-0.1, -0.05) is 11.3 Å². The molecule has 0 bridgehead atoms. The van der Waals surface area contributed by atoms with E-state index in [-0.39, 0.29) is 5.82 Å². The van der Waals surface area contributed by atoms with Gasteiger partial charge in [0.2, 0.25) is 0 Å². The number of nitrogens with zero attached hydrogens (tertiary/aromatic N) is 2. The number of hydrogen-bond acceptors (Lipinski definition) is 6. The summed E-state index contributed by atoms with van der Waals surface area (Å²) in [6, 6.07) is 7.45. The summed E-state index contributed by atoms with van der Waals surface area (Å²) in [7, 11) is 0. The van der Waals surface area contributed by atoms with Crippen molar-refractivity contribution >= 4 is 44.3 Å². The molecule has 28 heavy (non-hydrogen) atoms. The molecule has 10 heteroatoms. The summed E-state index contributed by atoms with van der Waals surface area (Å²) < 4.78 is 43.8. The summed E-state index contributed by atoms with van der Waals surface area (Å²) in [4.78, 5) is 19.9. The van der Waals surface area contributed by atoms with Crippen LogP contribution in [0.3, 0.4) is 0 Å². The van der Waals surface area contributed by atoms with Crippen LogP contribution in [0.5, 0.6) is 0 Å². The van der Waals surface area contributed by atoms with E-state index in [9.17, 15) is 18.0 Å². The standard InChI is InChI=1S/C18H17F3N4O2S/c1-17(2,3)27-16(26)25-15-24-12-6-5-11(8-13(12)28-15)23-14-7-4-10(9-22-14)18(19,20)21/h4-9H,1-3H3,(H,22,23)(H,24,25,26). The lowest BCUT2D eigenvalue weighted by Gasteiger charge is -2.18. The number of aromatic nitrogens is 2. The maximum Gasteiger partial charge on any atom is 0.417 e. The molecule has 0 aliphatic carbocycles. The quantitative estimate of drug-likeness (QED) is 0.571. The summed E-state index contributed by atoms with van der Waals surface area (Å²) in [5.41, 5.74) is -0.130. The van der Waals surface area contributed by atoms with Crippen molar-refractivity contribution in [3.05, 3.63) is 42.1 Å². The smallest absolute Gasteiger partial charge is 0.417 e. The highest BCUT2D eigenvalue weighted by Crippen LogP contribution is 2.31. The summed E-state index contributed by atoms with van der Waals surface area (Å²) in [6.07, 6.45) is -4.25. The Kier molecular flexibility index (Phi) is 5.16. The first kappa shape index (κ1) is 19.9. The second-order valence-corrected chi connectivity index (χ2v) is 7.91. The lowest BCUT2D eigenvalue weighted by molar-refractivity contribution is -0.137. The number of thiazole rings is 1. The van der Waals surface area contributed by atoms with Crippen LogP contribution >= 0.6 is 11.3 Å². The molecule has 0 fully saturated rings. The minimum absolute atomic E-state index is 0.281. The third kappa shape index (κ3) is 5.10. The van der Waals surface area contributed by atoms with Crippen LogP contribution in [-0.4, -0.2) is 21.7 Å². The molecule has 0 aliphatic rings. The Morgan fingerprint density at radius 2 is 1.89 bits per heavy atom. The van der Waals surface area contributed by atoms with E-state index in [2.05, 4.69) is 20.6 Å². The molecule has 0 saturated carbocycles. The third-order valence-corrected chi connectivity index (χ3v) is 4.29. The fourth-order valence-electron chi connectivity index (χ4n) is 2.23. The van der Waals surface area contributed by atoms with Crippen LogP contribution in [0, 0.1) is 0 Å². The summed E-state index contributed by atoms with van der Waals surface area (Å²) in [6.45, 7) is 5.29. The van der Waals surface area contributed by atoms with Crippen molar-refractivity contribution in [1.29, 1.82) is 0 Å². The van der Waals surface area contributed by atoms with Gasteiger partial charge in [0, 0.05) is 11.9 Å². The molecule has 1 aromatic carbocycles. The van der Waals surface area contributed by atoms with Crippen LogP contribution in [-0.2, 0) is 10.9 Å². The first-order chi connectivity index (χ1) is 13.0. The van der Waals surface area contributed by atoms with Gasteiger partial charge in [0.25, 0.3) is 0 Å². The molecule has 3 aromatic rings. The van der Waals surface area contributed by atoms with E-state index in [1.54, 1.807) is 39.0 Å². The van der Waals surface area contributed by atoms with Gasteiger partial charge in [-0.2, -0.15) is 13.2 Å². The number of alkyl halides is 3. The molecular weight excluding hydrogens is 393 g/mol. The Labute approximate surface area is 162 Å². The number of rotatable bonds is 3. The van der Waals surface area contributed by atoms with Crippen molar-refractivity contribution in [1.82, 2.24) is 9.97 Å². The minimum atomic E-state index is -4.43. The van der Waals surface area contributed by atoms with Gasteiger partial charge in [-0.3, -0.25) is 5.32 Å². The summed E-state index contributed by atoms with van der Waals surface area (Å²) in [5.74, 6) is 0.281. The van der Waals surface area contributed by atoms with E-state index in [1.165, 1.54) is 17.4 Å². The Morgan fingerprint density at radius 3 is 2.50 bits per heavy atom. The lowest BCUT2D eigenvalue weighted by Crippen LogP contribution is -2.27. The molecule has 2 aromatic heterocycles. The Balaban J connectivity index is 1.73. The predicted molar refractivity (Wildman–Crippen MR) is 102 cm³/mol. The highest BCUT2D eigenvalue weighted by atomic mass is 32.1. The number of hydrogen-bond donors (Lipinski definition) is 2. The number of nitrogens with one attached hydrogen (secondary N) is 2.